The molecule has 1 aliphatic heterocycles. The molecule has 1 aliphatic rings. The van der Waals surface area contributed by atoms with Crippen molar-refractivity contribution < 1.29 is 31.4 Å². The lowest BCUT2D eigenvalue weighted by atomic mass is 10.2. The zero-order valence-electron chi connectivity index (χ0n) is 16.4. The number of ether oxygens (including phenoxy) is 1. The second kappa shape index (κ2) is 9.74. The predicted molar refractivity (Wildman–Crippen MR) is 109 cm³/mol. The minimum Gasteiger partial charge on any atom is -0.491 e. The van der Waals surface area contributed by atoms with Crippen LogP contribution in [0.15, 0.2) is 47.4 Å². The van der Waals surface area contributed by atoms with Crippen LogP contribution in [0.3, 0.4) is 0 Å². The number of aliphatic hydroxyl groups excluding tert-OH is 1. The summed E-state index contributed by atoms with van der Waals surface area (Å²) in [6.45, 7) is 1.67. The zero-order valence-corrected chi connectivity index (χ0v) is 18.0. The summed E-state index contributed by atoms with van der Waals surface area (Å²) in [5.74, 6) is 0.627. The van der Waals surface area contributed by atoms with Crippen molar-refractivity contribution in [2.45, 2.75) is 30.1 Å². The molecule has 0 saturated carbocycles. The minimum absolute atomic E-state index is 0.0892. The lowest BCUT2D eigenvalue weighted by Gasteiger charge is -2.18. The number of sulfonamides is 1. The first kappa shape index (κ1) is 23.8. The Morgan fingerprint density at radius 3 is 2.71 bits per heavy atom. The largest absolute Gasteiger partial charge is 0.491 e. The fourth-order valence-electron chi connectivity index (χ4n) is 3.40. The molecule has 2 aromatic rings. The second-order valence-corrected chi connectivity index (χ2v) is 9.29. The van der Waals surface area contributed by atoms with E-state index in [1.54, 1.807) is 6.07 Å². The quantitative estimate of drug-likeness (QED) is 0.609. The molecular weight excluding hydrogens is 457 g/mol. The summed E-state index contributed by atoms with van der Waals surface area (Å²) in [6.07, 6.45) is -4.16. The first-order valence-corrected chi connectivity index (χ1v) is 11.4. The van der Waals surface area contributed by atoms with Gasteiger partial charge >= 0.3 is 6.18 Å². The van der Waals surface area contributed by atoms with E-state index in [0.29, 0.717) is 37.9 Å². The van der Waals surface area contributed by atoms with E-state index >= 15 is 0 Å². The third-order valence-electron chi connectivity index (χ3n) is 4.81. The summed E-state index contributed by atoms with van der Waals surface area (Å²) in [4.78, 5) is 1.45. The number of benzene rings is 2. The van der Waals surface area contributed by atoms with Crippen molar-refractivity contribution in [3.8, 4) is 5.75 Å². The normalized spacial score (nSPS) is 17.8. The lowest BCUT2D eigenvalue weighted by molar-refractivity contribution is -0.137. The van der Waals surface area contributed by atoms with E-state index in [9.17, 15) is 21.6 Å². The molecule has 0 amide bonds. The van der Waals surface area contributed by atoms with Crippen LogP contribution in [0.2, 0.25) is 5.02 Å². The number of nitrogens with one attached hydrogen (secondary N) is 1. The van der Waals surface area contributed by atoms with E-state index in [1.165, 1.54) is 0 Å². The van der Waals surface area contributed by atoms with Gasteiger partial charge < -0.3 is 9.84 Å². The molecule has 170 valence electrons. The number of hydrogen-bond acceptors (Lipinski definition) is 5. The predicted octanol–water partition coefficient (Wildman–Crippen LogP) is 3.28. The van der Waals surface area contributed by atoms with Gasteiger partial charge in [-0.1, -0.05) is 23.7 Å². The first-order chi connectivity index (χ1) is 14.6. The van der Waals surface area contributed by atoms with Gasteiger partial charge in [0.25, 0.3) is 0 Å². The van der Waals surface area contributed by atoms with Crippen LogP contribution in [-0.2, 0) is 22.7 Å². The summed E-state index contributed by atoms with van der Waals surface area (Å²) in [7, 11) is -4.22. The van der Waals surface area contributed by atoms with Gasteiger partial charge in [-0.2, -0.15) is 13.2 Å². The Kier molecular flexibility index (Phi) is 7.48. The highest BCUT2D eigenvalue weighted by Crippen LogP contribution is 2.33. The maximum atomic E-state index is 13.0. The maximum Gasteiger partial charge on any atom is 0.416 e. The molecule has 0 bridgehead atoms. The van der Waals surface area contributed by atoms with Crippen molar-refractivity contribution >= 4 is 21.6 Å². The molecule has 11 heteroatoms. The molecular formula is C20H22ClF3N2O4S. The Bertz CT molecular complexity index is 1020. The summed E-state index contributed by atoms with van der Waals surface area (Å²) < 4.78 is 72.1. The van der Waals surface area contributed by atoms with Gasteiger partial charge in [-0.15, -0.1) is 0 Å². The van der Waals surface area contributed by atoms with Crippen molar-refractivity contribution in [1.29, 1.82) is 0 Å². The second-order valence-electron chi connectivity index (χ2n) is 7.20. The molecule has 31 heavy (non-hydrogen) atoms. The number of hydrogen-bond donors (Lipinski definition) is 2. The molecule has 6 nitrogen and oxygen atoms in total. The smallest absolute Gasteiger partial charge is 0.416 e. The summed E-state index contributed by atoms with van der Waals surface area (Å²) >= 11 is 5.88. The van der Waals surface area contributed by atoms with Gasteiger partial charge in [0.15, 0.2) is 0 Å². The standard InChI is InChI=1S/C20H22ClF3N2O4S/c21-18-5-4-15(20(22,23)24)11-19(18)31(28,29)25-16-6-7-26(13-16)12-14-2-1-3-17(10-14)30-9-8-27/h1-5,10-11,16,25,27H,6-9,12-13H2/t16-/m0/s1. The number of aliphatic hydroxyl groups is 1. The van der Waals surface area contributed by atoms with Gasteiger partial charge in [-0.25, -0.2) is 13.1 Å². The number of alkyl halides is 3. The van der Waals surface area contributed by atoms with E-state index in [0.717, 1.165) is 17.7 Å². The Morgan fingerprint density at radius 2 is 2.00 bits per heavy atom. The molecule has 0 spiro atoms. The number of rotatable bonds is 8. The molecule has 2 N–H and O–H groups in total. The highest BCUT2D eigenvalue weighted by molar-refractivity contribution is 7.89. The van der Waals surface area contributed by atoms with Crippen molar-refractivity contribution in [3.63, 3.8) is 0 Å². The van der Waals surface area contributed by atoms with E-state index in [2.05, 4.69) is 4.72 Å². The lowest BCUT2D eigenvalue weighted by Crippen LogP contribution is -2.37. The zero-order chi connectivity index (χ0) is 22.6. The molecule has 1 heterocycles. The number of nitrogens with zero attached hydrogens (tertiary/aromatic N) is 1. The molecule has 1 saturated heterocycles. The highest BCUT2D eigenvalue weighted by atomic mass is 35.5. The van der Waals surface area contributed by atoms with Gasteiger partial charge in [0.1, 0.15) is 17.3 Å². The topological polar surface area (TPSA) is 78.9 Å². The molecule has 1 fully saturated rings. The monoisotopic (exact) mass is 478 g/mol. The maximum absolute atomic E-state index is 13.0. The summed E-state index contributed by atoms with van der Waals surface area (Å²) in [5, 5.41) is 8.58. The molecule has 0 aliphatic carbocycles. The Balaban J connectivity index is 1.65. The van der Waals surface area contributed by atoms with Crippen molar-refractivity contribution in [3.05, 3.63) is 58.6 Å². The van der Waals surface area contributed by atoms with Crippen LogP contribution < -0.4 is 9.46 Å². The summed E-state index contributed by atoms with van der Waals surface area (Å²) in [6, 6.07) is 9.14. The van der Waals surface area contributed by atoms with Crippen LogP contribution >= 0.6 is 11.6 Å². The van der Waals surface area contributed by atoms with Crippen LogP contribution in [0.25, 0.3) is 0 Å². The molecule has 3 rings (SSSR count). The minimum atomic E-state index is -4.67. The Labute approximate surface area is 183 Å². The molecule has 1 atom stereocenters. The molecule has 0 radical (unpaired) electrons. The number of halogens is 4. The van der Waals surface area contributed by atoms with Crippen molar-refractivity contribution in [2.75, 3.05) is 26.3 Å². The van der Waals surface area contributed by atoms with Gasteiger partial charge in [0, 0.05) is 25.7 Å². The molecule has 0 unspecified atom stereocenters. The average molecular weight is 479 g/mol. The van der Waals surface area contributed by atoms with Gasteiger partial charge in [0.05, 0.1) is 17.2 Å². The van der Waals surface area contributed by atoms with E-state index in [1.807, 2.05) is 23.1 Å². The van der Waals surface area contributed by atoms with E-state index < -0.39 is 32.7 Å². The average Bonchev–Trinajstić information content (AvgIpc) is 3.11. The van der Waals surface area contributed by atoms with Crippen LogP contribution in [-0.4, -0.2) is 50.8 Å². The van der Waals surface area contributed by atoms with Crippen LogP contribution in [0.1, 0.15) is 17.5 Å². The van der Waals surface area contributed by atoms with Crippen LogP contribution in [0.4, 0.5) is 13.2 Å². The fraction of sp³-hybridized carbons (Fsp3) is 0.400. The SMILES string of the molecule is O=S(=O)(N[C@H]1CCN(Cc2cccc(OCCO)c2)C1)c1cc(C(F)(F)F)ccc1Cl. The molecule has 2 aromatic carbocycles. The Morgan fingerprint density at radius 1 is 1.23 bits per heavy atom. The van der Waals surface area contributed by atoms with E-state index in [-0.39, 0.29) is 18.2 Å². The van der Waals surface area contributed by atoms with Crippen LogP contribution in [0.5, 0.6) is 5.75 Å². The van der Waals surface area contributed by atoms with Gasteiger partial charge in [-0.3, -0.25) is 4.90 Å². The third kappa shape index (κ3) is 6.33. The number of likely N-dealkylation sites (tertiary alicyclic amines) is 1. The van der Waals surface area contributed by atoms with Gasteiger partial charge in [0.2, 0.25) is 10.0 Å². The highest BCUT2D eigenvalue weighted by Gasteiger charge is 2.34. The first-order valence-electron chi connectivity index (χ1n) is 9.52. The molecule has 0 aromatic heterocycles. The summed E-state index contributed by atoms with van der Waals surface area (Å²) in [5.41, 5.74) is -0.117. The van der Waals surface area contributed by atoms with Gasteiger partial charge in [-0.05, 0) is 42.3 Å². The third-order valence-corrected chi connectivity index (χ3v) is 6.81. The fourth-order valence-corrected chi connectivity index (χ4v) is 5.18. The van der Waals surface area contributed by atoms with Crippen molar-refractivity contribution in [1.82, 2.24) is 9.62 Å². The van der Waals surface area contributed by atoms with E-state index in [4.69, 9.17) is 21.4 Å². The Hall–Kier alpha value is -1.85. The van der Waals surface area contributed by atoms with Crippen LogP contribution in [0, 0.1) is 0 Å². The van der Waals surface area contributed by atoms with Crippen molar-refractivity contribution in [2.24, 2.45) is 0 Å².